The number of carbonyl (C=O) groups is 1. The number of aliphatic hydroxyl groups is 1. The van der Waals surface area contributed by atoms with Crippen LogP contribution in [0.15, 0.2) is 46.3 Å². The molecule has 4 heterocycles. The number of carbonyl (C=O) groups excluding carboxylic acids is 1. The van der Waals surface area contributed by atoms with Gasteiger partial charge in [-0.25, -0.2) is 23.7 Å². The zero-order chi connectivity index (χ0) is 28.6. The van der Waals surface area contributed by atoms with Crippen molar-refractivity contribution >= 4 is 46.8 Å². The lowest BCUT2D eigenvalue weighted by Gasteiger charge is -2.35. The maximum absolute atomic E-state index is 15.2. The summed E-state index contributed by atoms with van der Waals surface area (Å²) in [6, 6.07) is 6.53. The third kappa shape index (κ3) is 5.18. The second kappa shape index (κ2) is 10.8. The lowest BCUT2D eigenvalue weighted by atomic mass is 10.0. The number of halogens is 2. The first-order valence-corrected chi connectivity index (χ1v) is 13.1. The van der Waals surface area contributed by atoms with Gasteiger partial charge in [0.15, 0.2) is 11.6 Å². The summed E-state index contributed by atoms with van der Waals surface area (Å²) in [4.78, 5) is 32.5. The fraction of sp³-hybridized carbons (Fsp3) is 0.393. The second-order valence-corrected chi connectivity index (χ2v) is 10.5. The minimum atomic E-state index is -0.572. The second-order valence-electron chi connectivity index (χ2n) is 10.5. The highest BCUT2D eigenvalue weighted by Gasteiger charge is 2.33. The van der Waals surface area contributed by atoms with E-state index in [2.05, 4.69) is 50.7 Å². The Kier molecular flexibility index (Phi) is 7.37. The molecule has 2 aliphatic rings. The van der Waals surface area contributed by atoms with E-state index in [1.807, 2.05) is 10.6 Å². The van der Waals surface area contributed by atoms with E-state index in [0.717, 1.165) is 24.4 Å². The molecule has 3 aromatic rings. The van der Waals surface area contributed by atoms with Gasteiger partial charge in [0.1, 0.15) is 23.8 Å². The number of fused-ring (bicyclic) bond motifs is 3. The van der Waals surface area contributed by atoms with Crippen LogP contribution in [0.25, 0.3) is 16.7 Å². The molecule has 0 spiro atoms. The Labute approximate surface area is 230 Å². The van der Waals surface area contributed by atoms with Crippen molar-refractivity contribution in [1.82, 2.24) is 24.8 Å². The van der Waals surface area contributed by atoms with Gasteiger partial charge in [0.05, 0.1) is 23.1 Å². The maximum atomic E-state index is 15.2. The Morgan fingerprint density at radius 1 is 1.23 bits per heavy atom. The molecule has 0 saturated carbocycles. The smallest absolute Gasteiger partial charge is 0.248 e. The molecule has 0 bridgehead atoms. The Balaban J connectivity index is 1.36. The van der Waals surface area contributed by atoms with E-state index in [9.17, 15) is 9.18 Å². The topological polar surface area (TPSA) is 111 Å². The fourth-order valence-electron chi connectivity index (χ4n) is 5.33. The van der Waals surface area contributed by atoms with Gasteiger partial charge in [-0.05, 0) is 58.2 Å². The largest absolute Gasteiger partial charge is 0.387 e. The van der Waals surface area contributed by atoms with Crippen LogP contribution in [0.4, 0.5) is 20.3 Å². The molecule has 2 N–H and O–H groups in total. The van der Waals surface area contributed by atoms with E-state index < -0.39 is 18.3 Å². The molecule has 10 nitrogen and oxygen atoms in total. The Morgan fingerprint density at radius 2 is 1.98 bits per heavy atom. The van der Waals surface area contributed by atoms with Crippen LogP contribution in [-0.4, -0.2) is 75.9 Å². The number of nitrogens with zero attached hydrogens (tertiary/aromatic N) is 7. The third-order valence-electron chi connectivity index (χ3n) is 7.45. The highest BCUT2D eigenvalue weighted by molar-refractivity contribution is 5.94. The first-order chi connectivity index (χ1) is 19.1. The van der Waals surface area contributed by atoms with E-state index in [1.54, 1.807) is 23.2 Å². The summed E-state index contributed by atoms with van der Waals surface area (Å²) in [6.45, 7) is 10.7. The van der Waals surface area contributed by atoms with E-state index in [0.29, 0.717) is 43.1 Å². The van der Waals surface area contributed by atoms with Gasteiger partial charge in [-0.2, -0.15) is 4.99 Å². The number of aliphatic imine (C=N–C) groups is 2. The number of rotatable bonds is 5. The van der Waals surface area contributed by atoms with Crippen molar-refractivity contribution in [3.05, 3.63) is 53.5 Å². The number of hydrogen-bond acceptors (Lipinski definition) is 6. The number of aryl methyl sites for hydroxylation is 1. The van der Waals surface area contributed by atoms with Crippen molar-refractivity contribution < 1.29 is 18.7 Å². The van der Waals surface area contributed by atoms with Crippen molar-refractivity contribution in [1.29, 1.82) is 0 Å². The summed E-state index contributed by atoms with van der Waals surface area (Å²) in [6.07, 6.45) is 3.30. The standard InChI is InChI=1S/C28H32F2N8O2/c1-17(29)25(18-13-20(30)26-21(14-18)38-23(34-26)7-8-28(38,2)3)35-27(31-4)33-22-6-5-19(15-32-22)36-9-11-37(12-10-36)24(40)16-39/h5-6,13-15,39H,4,7-12,16H2,1-3H3,(H,32,33,35)/b25-17+. The Hall–Kier alpha value is -4.19. The molecule has 1 amide bonds. The molecule has 0 aliphatic carbocycles. The molecule has 12 heteroatoms. The number of aromatic nitrogens is 3. The molecule has 5 rings (SSSR count). The quantitative estimate of drug-likeness (QED) is 0.372. The summed E-state index contributed by atoms with van der Waals surface area (Å²) in [5.74, 6) is -0.246. The van der Waals surface area contributed by atoms with Crippen molar-refractivity contribution in [2.45, 2.75) is 39.2 Å². The van der Waals surface area contributed by atoms with E-state index in [4.69, 9.17) is 5.11 Å². The minimum absolute atomic E-state index is 0.00253. The van der Waals surface area contributed by atoms with E-state index >= 15 is 4.39 Å². The van der Waals surface area contributed by atoms with Crippen molar-refractivity contribution in [3.63, 3.8) is 0 Å². The van der Waals surface area contributed by atoms with Crippen LogP contribution in [0, 0.1) is 5.82 Å². The molecule has 2 aromatic heterocycles. The summed E-state index contributed by atoms with van der Waals surface area (Å²) < 4.78 is 32.0. The van der Waals surface area contributed by atoms with Crippen molar-refractivity contribution in [2.75, 3.05) is 37.7 Å². The SMILES string of the molecule is C=NC(=Nc1ccc(N2CCN(C(=O)CO)CC2)cn1)N/C(=C(\C)F)c1cc(F)c2nc3n(c2c1)C(C)(C)CC3. The number of benzene rings is 1. The van der Waals surface area contributed by atoms with Crippen LogP contribution >= 0.6 is 0 Å². The molecule has 40 heavy (non-hydrogen) atoms. The van der Waals surface area contributed by atoms with Crippen LogP contribution in [0.5, 0.6) is 0 Å². The lowest BCUT2D eigenvalue weighted by molar-refractivity contribution is -0.134. The fourth-order valence-corrected chi connectivity index (χ4v) is 5.33. The number of guanidine groups is 1. The highest BCUT2D eigenvalue weighted by Crippen LogP contribution is 2.37. The summed E-state index contributed by atoms with van der Waals surface area (Å²) >= 11 is 0. The predicted octanol–water partition coefficient (Wildman–Crippen LogP) is 3.53. The van der Waals surface area contributed by atoms with Gasteiger partial charge < -0.3 is 24.8 Å². The van der Waals surface area contributed by atoms with E-state index in [1.165, 1.54) is 13.0 Å². The maximum Gasteiger partial charge on any atom is 0.248 e. The van der Waals surface area contributed by atoms with Gasteiger partial charge in [0.25, 0.3) is 0 Å². The van der Waals surface area contributed by atoms with Crippen LogP contribution < -0.4 is 10.2 Å². The lowest BCUT2D eigenvalue weighted by Crippen LogP contribution is -2.49. The zero-order valence-corrected chi connectivity index (χ0v) is 22.8. The first-order valence-electron chi connectivity index (χ1n) is 13.1. The average molecular weight is 551 g/mol. The molecular weight excluding hydrogens is 518 g/mol. The first kappa shape index (κ1) is 27.4. The number of piperazine rings is 1. The molecule has 1 aromatic carbocycles. The molecular formula is C28H32F2N8O2. The summed E-state index contributed by atoms with van der Waals surface area (Å²) in [7, 11) is 0. The average Bonchev–Trinajstić information content (AvgIpc) is 3.48. The van der Waals surface area contributed by atoms with Crippen LogP contribution in [-0.2, 0) is 16.8 Å². The Morgan fingerprint density at radius 3 is 2.60 bits per heavy atom. The molecule has 0 atom stereocenters. The summed E-state index contributed by atoms with van der Waals surface area (Å²) in [5.41, 5.74) is 1.82. The van der Waals surface area contributed by atoms with Gasteiger partial charge in [-0.3, -0.25) is 4.79 Å². The number of nitrogens with one attached hydrogen (secondary N) is 1. The van der Waals surface area contributed by atoms with Crippen LogP contribution in [0.2, 0.25) is 0 Å². The predicted molar refractivity (Wildman–Crippen MR) is 151 cm³/mol. The number of imidazole rings is 1. The molecule has 2 aliphatic heterocycles. The minimum Gasteiger partial charge on any atom is -0.387 e. The number of amides is 1. The van der Waals surface area contributed by atoms with Crippen LogP contribution in [0.1, 0.15) is 38.6 Å². The number of pyridine rings is 1. The molecule has 0 radical (unpaired) electrons. The number of hydrogen-bond donors (Lipinski definition) is 2. The van der Waals surface area contributed by atoms with E-state index in [-0.39, 0.29) is 28.6 Å². The molecule has 1 saturated heterocycles. The van der Waals surface area contributed by atoms with Crippen molar-refractivity contribution in [3.8, 4) is 0 Å². The van der Waals surface area contributed by atoms with Gasteiger partial charge in [0.2, 0.25) is 11.9 Å². The third-order valence-corrected chi connectivity index (χ3v) is 7.45. The highest BCUT2D eigenvalue weighted by atomic mass is 19.1. The number of aliphatic hydroxyl groups excluding tert-OH is 1. The van der Waals surface area contributed by atoms with Gasteiger partial charge in [-0.15, -0.1) is 0 Å². The molecule has 0 unspecified atom stereocenters. The van der Waals surface area contributed by atoms with Crippen molar-refractivity contribution in [2.24, 2.45) is 9.98 Å². The van der Waals surface area contributed by atoms with Gasteiger partial charge in [0, 0.05) is 43.7 Å². The number of anilines is 1. The van der Waals surface area contributed by atoms with Crippen LogP contribution in [0.3, 0.4) is 0 Å². The molecule has 1 fully saturated rings. The van der Waals surface area contributed by atoms with Gasteiger partial charge >= 0.3 is 0 Å². The molecule has 210 valence electrons. The monoisotopic (exact) mass is 550 g/mol. The normalized spacial score (nSPS) is 17.6. The summed E-state index contributed by atoms with van der Waals surface area (Å²) in [5, 5.41) is 11.9. The van der Waals surface area contributed by atoms with Gasteiger partial charge in [-0.1, -0.05) is 0 Å². The number of allylic oxidation sites excluding steroid dienone is 1. The zero-order valence-electron chi connectivity index (χ0n) is 22.8. The Bertz CT molecular complexity index is 1520.